The summed E-state index contributed by atoms with van der Waals surface area (Å²) in [6, 6.07) is -0.866. The Bertz CT molecular complexity index is 1530. The Balaban J connectivity index is 4.08. The number of hydrogen-bond donors (Lipinski definition) is 3. The number of unbranched alkanes of at least 4 members (excludes halogenated alkanes) is 40. The highest BCUT2D eigenvalue weighted by molar-refractivity contribution is 7.47. The van der Waals surface area contributed by atoms with Crippen LogP contribution in [0.4, 0.5) is 0 Å². The zero-order chi connectivity index (χ0) is 58.4. The average Bonchev–Trinajstić information content (AvgIpc) is 3.42. The summed E-state index contributed by atoms with van der Waals surface area (Å²) in [7, 11) is 1.56. The van der Waals surface area contributed by atoms with Gasteiger partial charge < -0.3 is 19.8 Å². The Hall–Kier alpha value is -2.06. The largest absolute Gasteiger partial charge is 0.472 e. The maximum absolute atomic E-state index is 13.0. The van der Waals surface area contributed by atoms with Crippen LogP contribution in [0.25, 0.3) is 0 Å². The molecule has 0 rings (SSSR count). The molecule has 0 aliphatic heterocycles. The van der Waals surface area contributed by atoms with Gasteiger partial charge in [0.2, 0.25) is 5.91 Å². The van der Waals surface area contributed by atoms with Crippen LogP contribution in [0.2, 0.25) is 0 Å². The Morgan fingerprint density at radius 1 is 0.438 bits per heavy atom. The fourth-order valence-corrected chi connectivity index (χ4v) is 10.8. The van der Waals surface area contributed by atoms with E-state index in [0.29, 0.717) is 17.4 Å². The van der Waals surface area contributed by atoms with Gasteiger partial charge in [-0.15, -0.1) is 0 Å². The van der Waals surface area contributed by atoms with Gasteiger partial charge in [-0.05, 0) is 70.6 Å². The zero-order valence-electron chi connectivity index (χ0n) is 53.6. The predicted octanol–water partition coefficient (Wildman–Crippen LogP) is 21.8. The number of phosphoric ester groups is 1. The van der Waals surface area contributed by atoms with Gasteiger partial charge in [0.25, 0.3) is 0 Å². The molecule has 3 unspecified atom stereocenters. The van der Waals surface area contributed by atoms with Crippen molar-refractivity contribution in [1.82, 2.24) is 5.32 Å². The minimum absolute atomic E-state index is 0.0559. The molecule has 0 aromatic carbocycles. The normalized spacial score (nSPS) is 14.1. The highest BCUT2D eigenvalue weighted by Crippen LogP contribution is 2.43. The first kappa shape index (κ1) is 77.9. The standard InChI is InChI=1S/C71H133N2O6P/c1-6-8-10-12-14-16-18-20-22-24-26-28-30-32-33-34-35-36-37-38-39-41-43-45-47-49-51-53-55-57-59-61-63-65-71(75)72-69(68-79-80(76,77)78-67-66-73(3,4)5)70(74)64-62-60-58-56-54-52-50-48-46-44-42-40-31-29-27-25-23-21-19-17-15-13-11-9-7-2/h8,10,14,16,20,22,26,28,54,56,62,64,69-70,74H,6-7,9,11-13,15,17-19,21,23-25,27,29-53,55,57-61,63,65-68H2,1-5H3,(H-,72,75,76,77)/p+1/b10-8-,16-14-,22-20-,28-26-,56-54+,64-62+. The van der Waals surface area contributed by atoms with Crippen LogP contribution in [0.3, 0.4) is 0 Å². The second-order valence-electron chi connectivity index (χ2n) is 24.5. The molecule has 0 radical (unpaired) electrons. The van der Waals surface area contributed by atoms with Crippen molar-refractivity contribution in [2.24, 2.45) is 0 Å². The average molecular weight is 1140 g/mol. The van der Waals surface area contributed by atoms with Crippen molar-refractivity contribution < 1.29 is 32.9 Å². The molecule has 0 spiro atoms. The summed E-state index contributed by atoms with van der Waals surface area (Å²) in [6.45, 7) is 4.72. The number of carbonyl (C=O) groups excluding carboxylic acids is 1. The lowest BCUT2D eigenvalue weighted by molar-refractivity contribution is -0.870. The maximum atomic E-state index is 13.0. The lowest BCUT2D eigenvalue weighted by atomic mass is 10.0. The van der Waals surface area contributed by atoms with Crippen LogP contribution in [0.5, 0.6) is 0 Å². The van der Waals surface area contributed by atoms with Gasteiger partial charge in [0.15, 0.2) is 0 Å². The van der Waals surface area contributed by atoms with Gasteiger partial charge in [-0.3, -0.25) is 13.8 Å². The molecule has 0 fully saturated rings. The van der Waals surface area contributed by atoms with E-state index in [2.05, 4.69) is 79.9 Å². The number of quaternary nitrogens is 1. The number of aliphatic hydroxyl groups is 1. The minimum Gasteiger partial charge on any atom is -0.387 e. The van der Waals surface area contributed by atoms with E-state index in [-0.39, 0.29) is 19.1 Å². The SMILES string of the molecule is CC/C=C\C/C=C\C/C=C\C/C=C\CCCCCCCCCCCCCCCCCCCCCCC(=O)NC(COP(=O)(O)OCC[N+](C)(C)C)C(O)/C=C/CC/C=C/CCCCCCCCCCCCCCCCCCCCC. The number of nitrogens with zero attached hydrogens (tertiary/aromatic N) is 1. The summed E-state index contributed by atoms with van der Waals surface area (Å²) in [5.74, 6) is -0.182. The number of aliphatic hydroxyl groups excluding tert-OH is 1. The molecule has 1 amide bonds. The molecule has 468 valence electrons. The molecular weight excluding hydrogens is 1010 g/mol. The molecule has 9 heteroatoms. The molecule has 0 aliphatic carbocycles. The van der Waals surface area contributed by atoms with E-state index in [1.54, 1.807) is 6.08 Å². The van der Waals surface area contributed by atoms with Crippen molar-refractivity contribution in [2.45, 2.75) is 334 Å². The van der Waals surface area contributed by atoms with E-state index < -0.39 is 20.0 Å². The van der Waals surface area contributed by atoms with Crippen molar-refractivity contribution in [1.29, 1.82) is 0 Å². The summed E-state index contributed by atoms with van der Waals surface area (Å²) >= 11 is 0. The monoisotopic (exact) mass is 1140 g/mol. The molecule has 3 atom stereocenters. The third-order valence-electron chi connectivity index (χ3n) is 15.4. The van der Waals surface area contributed by atoms with Crippen LogP contribution < -0.4 is 5.32 Å². The van der Waals surface area contributed by atoms with Crippen molar-refractivity contribution >= 4 is 13.7 Å². The third-order valence-corrected chi connectivity index (χ3v) is 16.4. The van der Waals surface area contributed by atoms with E-state index in [1.807, 2.05) is 27.2 Å². The number of allylic oxidation sites excluding steroid dienone is 11. The number of likely N-dealkylation sites (N-methyl/N-ethyl adjacent to an activating group) is 1. The fraction of sp³-hybridized carbons (Fsp3) is 0.817. The molecular formula is C71H134N2O6P+. The number of carbonyl (C=O) groups is 1. The number of hydrogen-bond acceptors (Lipinski definition) is 5. The van der Waals surface area contributed by atoms with E-state index >= 15 is 0 Å². The topological polar surface area (TPSA) is 105 Å². The molecule has 3 N–H and O–H groups in total. The lowest BCUT2D eigenvalue weighted by Gasteiger charge is -2.25. The second-order valence-corrected chi connectivity index (χ2v) is 26.0. The lowest BCUT2D eigenvalue weighted by Crippen LogP contribution is -2.45. The number of nitrogens with one attached hydrogen (secondary N) is 1. The Labute approximate surface area is 497 Å². The van der Waals surface area contributed by atoms with E-state index in [9.17, 15) is 19.4 Å². The summed E-state index contributed by atoms with van der Waals surface area (Å²) < 4.78 is 23.8. The smallest absolute Gasteiger partial charge is 0.387 e. The first-order chi connectivity index (χ1) is 39.0. The van der Waals surface area contributed by atoms with Crippen molar-refractivity contribution in [3.63, 3.8) is 0 Å². The molecule has 80 heavy (non-hydrogen) atoms. The first-order valence-electron chi connectivity index (χ1n) is 34.3. The van der Waals surface area contributed by atoms with Gasteiger partial charge in [0.05, 0.1) is 39.9 Å². The number of phosphoric acid groups is 1. The number of rotatable bonds is 63. The fourth-order valence-electron chi connectivity index (χ4n) is 10.1. The molecule has 0 aliphatic rings. The van der Waals surface area contributed by atoms with Gasteiger partial charge >= 0.3 is 7.82 Å². The zero-order valence-corrected chi connectivity index (χ0v) is 54.5. The Kier molecular flexibility index (Phi) is 59.9. The second kappa shape index (κ2) is 61.5. The quantitative estimate of drug-likeness (QED) is 0.0243. The maximum Gasteiger partial charge on any atom is 0.472 e. The molecule has 0 bridgehead atoms. The minimum atomic E-state index is -4.36. The van der Waals surface area contributed by atoms with Gasteiger partial charge in [0.1, 0.15) is 13.2 Å². The van der Waals surface area contributed by atoms with Gasteiger partial charge in [-0.1, -0.05) is 318 Å². The Morgan fingerprint density at radius 2 is 0.762 bits per heavy atom. The van der Waals surface area contributed by atoms with Gasteiger partial charge in [0, 0.05) is 6.42 Å². The third kappa shape index (κ3) is 63.5. The molecule has 0 saturated heterocycles. The summed E-state index contributed by atoms with van der Waals surface area (Å²) in [6.07, 6.45) is 86.2. The van der Waals surface area contributed by atoms with Crippen LogP contribution in [0.1, 0.15) is 322 Å². The highest BCUT2D eigenvalue weighted by Gasteiger charge is 2.28. The Morgan fingerprint density at radius 3 is 1.15 bits per heavy atom. The molecule has 0 heterocycles. The van der Waals surface area contributed by atoms with E-state index in [0.717, 1.165) is 64.2 Å². The van der Waals surface area contributed by atoms with Gasteiger partial charge in [-0.2, -0.15) is 0 Å². The van der Waals surface area contributed by atoms with E-state index in [1.165, 1.54) is 238 Å². The molecule has 0 aromatic heterocycles. The summed E-state index contributed by atoms with van der Waals surface area (Å²) in [5, 5.41) is 14.0. The van der Waals surface area contributed by atoms with Gasteiger partial charge in [-0.25, -0.2) is 4.57 Å². The molecule has 0 aromatic rings. The van der Waals surface area contributed by atoms with Crippen LogP contribution in [-0.4, -0.2) is 73.4 Å². The van der Waals surface area contributed by atoms with Crippen LogP contribution in [0, 0.1) is 0 Å². The first-order valence-corrected chi connectivity index (χ1v) is 35.8. The van der Waals surface area contributed by atoms with Crippen LogP contribution in [-0.2, 0) is 18.4 Å². The van der Waals surface area contributed by atoms with Crippen LogP contribution in [0.15, 0.2) is 72.9 Å². The summed E-state index contributed by atoms with van der Waals surface area (Å²) in [4.78, 5) is 23.4. The highest BCUT2D eigenvalue weighted by atomic mass is 31.2. The molecule has 8 nitrogen and oxygen atoms in total. The molecule has 0 saturated carbocycles. The van der Waals surface area contributed by atoms with E-state index in [4.69, 9.17) is 9.05 Å². The predicted molar refractivity (Wildman–Crippen MR) is 350 cm³/mol. The van der Waals surface area contributed by atoms with Crippen LogP contribution >= 0.6 is 7.82 Å². The van der Waals surface area contributed by atoms with Crippen molar-refractivity contribution in [3.8, 4) is 0 Å². The van der Waals surface area contributed by atoms with Crippen molar-refractivity contribution in [2.75, 3.05) is 40.9 Å². The van der Waals surface area contributed by atoms with Crippen molar-refractivity contribution in [3.05, 3.63) is 72.9 Å². The summed E-state index contributed by atoms with van der Waals surface area (Å²) in [5.41, 5.74) is 0. The number of amides is 1.